The molecule has 0 radical (unpaired) electrons. The van der Waals surface area contributed by atoms with Crippen molar-refractivity contribution in [1.29, 1.82) is 0 Å². The van der Waals surface area contributed by atoms with Gasteiger partial charge in [-0.15, -0.1) is 0 Å². The summed E-state index contributed by atoms with van der Waals surface area (Å²) in [6, 6.07) is 100. The molecule has 0 aromatic heterocycles. The molecule has 12 aromatic rings. The molecular weight excluding hydrogens is 1530 g/mol. The minimum Gasteiger partial charge on any atom is -0.496 e. The molecule has 2 nitrogen and oxygen atoms in total. The lowest BCUT2D eigenvalue weighted by Gasteiger charge is -2.10. The fourth-order valence-corrected chi connectivity index (χ4v) is 12.5. The molecule has 0 aliphatic rings. The van der Waals surface area contributed by atoms with E-state index >= 15 is 0 Å². The van der Waals surface area contributed by atoms with Crippen molar-refractivity contribution in [3.05, 3.63) is 412 Å². The predicted molar refractivity (Wildman–Crippen MR) is 552 cm³/mol. The Kier molecular flexibility index (Phi) is 56.4. The number of rotatable bonds is 14. The summed E-state index contributed by atoms with van der Waals surface area (Å²) < 4.78 is 10.4. The van der Waals surface area contributed by atoms with Crippen molar-refractivity contribution in [1.82, 2.24) is 0 Å². The maximum Gasteiger partial charge on any atom is 0.122 e. The van der Waals surface area contributed by atoms with Gasteiger partial charge in [-0.1, -0.05) is 489 Å². The van der Waals surface area contributed by atoms with Crippen molar-refractivity contribution in [2.24, 2.45) is 0 Å². The van der Waals surface area contributed by atoms with Gasteiger partial charge in [0.25, 0.3) is 0 Å². The van der Waals surface area contributed by atoms with Crippen LogP contribution in [-0.4, -0.2) is 14.2 Å². The first-order chi connectivity index (χ1) is 57.9. The highest BCUT2D eigenvalue weighted by Crippen LogP contribution is 2.28. The lowest BCUT2D eigenvalue weighted by Crippen LogP contribution is -1.92. The number of hydrogen-bond donors (Lipinski definition) is 0. The zero-order valence-corrected chi connectivity index (χ0v) is 84.6. The van der Waals surface area contributed by atoms with Gasteiger partial charge < -0.3 is 9.47 Å². The van der Waals surface area contributed by atoms with Crippen LogP contribution in [0.4, 0.5) is 0 Å². The molecular formula is C119H164Cl2O2. The first kappa shape index (κ1) is 112. The fraction of sp³-hybridized carbons (Fsp3) is 0.395. The third-order valence-corrected chi connectivity index (χ3v) is 21.6. The first-order valence-corrected chi connectivity index (χ1v) is 46.0. The molecule has 0 aliphatic heterocycles. The van der Waals surface area contributed by atoms with Gasteiger partial charge in [0.15, 0.2) is 0 Å². The Hall–Kier alpha value is -9.18. The van der Waals surface area contributed by atoms with E-state index in [-0.39, 0.29) is 0 Å². The van der Waals surface area contributed by atoms with Crippen LogP contribution in [0.3, 0.4) is 0 Å². The molecule has 0 N–H and O–H groups in total. The van der Waals surface area contributed by atoms with Gasteiger partial charge in [0.05, 0.1) is 14.2 Å². The zero-order chi connectivity index (χ0) is 93.0. The first-order valence-electron chi connectivity index (χ1n) is 45.2. The van der Waals surface area contributed by atoms with Crippen molar-refractivity contribution >= 4 is 23.2 Å². The van der Waals surface area contributed by atoms with Crippen LogP contribution in [0.5, 0.6) is 11.5 Å². The van der Waals surface area contributed by atoms with Crippen LogP contribution in [0.25, 0.3) is 0 Å². The molecule has 12 rings (SSSR count). The van der Waals surface area contributed by atoms with Crippen molar-refractivity contribution < 1.29 is 9.47 Å². The molecule has 666 valence electrons. The van der Waals surface area contributed by atoms with Crippen molar-refractivity contribution in [3.63, 3.8) is 0 Å². The molecule has 0 bridgehead atoms. The molecule has 12 aromatic carbocycles. The SMILES string of the molecule is CC(C)c1ccccc1.CC(C)c1ccccc1Cl.COc1ccc(C(C)C)cc1C.COc1ccccc1C(C)C.Cc1ccc(C(C)C)cc1.Cc1ccc(C(C)C)cc1.Cc1ccc(C(C)C)cc1.Cc1ccc(C(C)C)cc1.Cc1ccc(C(C)C)cc1.Cc1ccc(C(C)C)cc1Cl.Cc1cccc(C(C)C)c1.Cc1cccc(C(C)C)c1. The maximum absolute atomic E-state index is 5.96. The molecule has 0 spiro atoms. The highest BCUT2D eigenvalue weighted by atomic mass is 35.5. The summed E-state index contributed by atoms with van der Waals surface area (Å²) in [5.74, 6) is 9.40. The number of ether oxygens (including phenoxy) is 2. The smallest absolute Gasteiger partial charge is 0.122 e. The second-order valence-electron chi connectivity index (χ2n) is 36.1. The van der Waals surface area contributed by atoms with Crippen LogP contribution >= 0.6 is 23.2 Å². The molecule has 0 atom stereocenters. The Morgan fingerprint density at radius 3 is 0.650 bits per heavy atom. The molecule has 0 aliphatic carbocycles. The second kappa shape index (κ2) is 62.0. The molecule has 0 fully saturated rings. The van der Waals surface area contributed by atoms with Crippen LogP contribution in [0.15, 0.2) is 285 Å². The molecule has 4 heteroatoms. The van der Waals surface area contributed by atoms with Crippen molar-refractivity contribution in [2.75, 3.05) is 14.2 Å². The van der Waals surface area contributed by atoms with E-state index in [2.05, 4.69) is 452 Å². The van der Waals surface area contributed by atoms with E-state index in [4.69, 9.17) is 32.7 Å². The van der Waals surface area contributed by atoms with Crippen LogP contribution in [0, 0.1) is 62.3 Å². The quantitative estimate of drug-likeness (QED) is 0.108. The predicted octanol–water partition coefficient (Wildman–Crippen LogP) is 37.8. The average Bonchev–Trinajstić information content (AvgIpc) is 0.877. The number of methoxy groups -OCH3 is 2. The van der Waals surface area contributed by atoms with Crippen molar-refractivity contribution in [2.45, 2.75) is 299 Å². The van der Waals surface area contributed by atoms with Gasteiger partial charge in [-0.2, -0.15) is 0 Å². The van der Waals surface area contributed by atoms with E-state index < -0.39 is 0 Å². The Morgan fingerprint density at radius 1 is 0.171 bits per heavy atom. The van der Waals surface area contributed by atoms with Gasteiger partial charge in [0.2, 0.25) is 0 Å². The van der Waals surface area contributed by atoms with E-state index in [1.165, 1.54) is 111 Å². The lowest BCUT2D eigenvalue weighted by molar-refractivity contribution is 0.407. The fourth-order valence-electron chi connectivity index (χ4n) is 12.0. The molecule has 123 heavy (non-hydrogen) atoms. The van der Waals surface area contributed by atoms with E-state index in [9.17, 15) is 0 Å². The van der Waals surface area contributed by atoms with Gasteiger partial charge in [0, 0.05) is 10.0 Å². The summed E-state index contributed by atoms with van der Waals surface area (Å²) in [6.45, 7) is 71.7. The molecule has 0 saturated heterocycles. The normalized spacial score (nSPS) is 10.4. The molecule has 0 saturated carbocycles. The Labute approximate surface area is 764 Å². The van der Waals surface area contributed by atoms with E-state index in [1.54, 1.807) is 14.2 Å². The van der Waals surface area contributed by atoms with Crippen LogP contribution in [-0.2, 0) is 0 Å². The van der Waals surface area contributed by atoms with Gasteiger partial charge in [-0.3, -0.25) is 0 Å². The number of aryl methyl sites for hydroxylation is 9. The molecule has 0 amide bonds. The summed E-state index contributed by atoms with van der Waals surface area (Å²) in [5, 5.41) is 1.74. The number of halogens is 2. The topological polar surface area (TPSA) is 18.5 Å². The highest BCUT2D eigenvalue weighted by Gasteiger charge is 2.08. The van der Waals surface area contributed by atoms with E-state index in [0.29, 0.717) is 71.0 Å². The largest absolute Gasteiger partial charge is 0.496 e. The number of hydrogen-bond acceptors (Lipinski definition) is 2. The Balaban J connectivity index is 0.000000671. The summed E-state index contributed by atoms with van der Waals surface area (Å²) in [6.07, 6.45) is 0. The third kappa shape index (κ3) is 48.6. The number of para-hydroxylation sites is 1. The number of benzene rings is 12. The third-order valence-electron chi connectivity index (χ3n) is 20.8. The Morgan fingerprint density at radius 2 is 0.415 bits per heavy atom. The van der Waals surface area contributed by atoms with Gasteiger partial charge in [-0.25, -0.2) is 0 Å². The monoisotopic (exact) mass is 1700 g/mol. The minimum absolute atomic E-state index is 0.522. The Bertz CT molecular complexity index is 4350. The standard InChI is InChI=1S/C11H16O.C10H13Cl.C10H14O.7C10H14.C9H11Cl.C9H12/c1-8(2)10-5-6-11(12-4)9(3)7-10;1-7(2)9-5-4-8(3)10(11)6-9;1-8(2)9-6-4-5-7-10(9)11-3;5*1-8(2)10-6-4-9(3)5-7-10;2*1-8(2)10-6-4-5-9(3)7-10;1-7(2)8-5-3-4-6-9(8)10;1-8(2)9-6-4-3-5-7-9/h5-8H,1-4H3;4-7H,1-3H3;4-8H,1-3H3;7*4-8H,1-3H3;3-7H,1-2H3;3-8H,1-2H3. The summed E-state index contributed by atoms with van der Waals surface area (Å²) in [5.41, 5.74) is 28.3. The average molecular weight is 1700 g/mol. The van der Waals surface area contributed by atoms with Crippen LogP contribution in [0.1, 0.15) is 354 Å². The van der Waals surface area contributed by atoms with Gasteiger partial charge in [-0.05, 0) is 235 Å². The van der Waals surface area contributed by atoms with Gasteiger partial charge >= 0.3 is 0 Å². The summed E-state index contributed by atoms with van der Waals surface area (Å²) in [4.78, 5) is 0. The second-order valence-corrected chi connectivity index (χ2v) is 37.0. The maximum atomic E-state index is 5.96. The summed E-state index contributed by atoms with van der Waals surface area (Å²) in [7, 11) is 3.42. The van der Waals surface area contributed by atoms with Crippen molar-refractivity contribution in [3.8, 4) is 11.5 Å². The lowest BCUT2D eigenvalue weighted by atomic mass is 10.0. The van der Waals surface area contributed by atoms with E-state index in [0.717, 1.165) is 27.1 Å². The van der Waals surface area contributed by atoms with E-state index in [1.807, 2.05) is 61.5 Å². The van der Waals surface area contributed by atoms with Crippen LogP contribution in [0.2, 0.25) is 10.0 Å². The molecule has 0 unspecified atom stereocenters. The molecule has 0 heterocycles. The van der Waals surface area contributed by atoms with Gasteiger partial charge in [0.1, 0.15) is 11.5 Å². The minimum atomic E-state index is 0.522. The zero-order valence-electron chi connectivity index (χ0n) is 83.1. The van der Waals surface area contributed by atoms with Crippen LogP contribution < -0.4 is 9.47 Å². The highest BCUT2D eigenvalue weighted by molar-refractivity contribution is 6.31. The summed E-state index contributed by atoms with van der Waals surface area (Å²) >= 11 is 11.9.